The third-order valence-electron chi connectivity index (χ3n) is 5.06. The van der Waals surface area contributed by atoms with Crippen LogP contribution >= 0.6 is 0 Å². The average molecular weight is 444 g/mol. The summed E-state index contributed by atoms with van der Waals surface area (Å²) >= 11 is 0. The zero-order valence-electron chi connectivity index (χ0n) is 18.6. The first-order valence-electron chi connectivity index (χ1n) is 10.3. The predicted molar refractivity (Wildman–Crippen MR) is 124 cm³/mol. The largest absolute Gasteiger partial charge is 0.497 e. The predicted octanol–water partition coefficient (Wildman–Crippen LogP) is 3.89. The van der Waals surface area contributed by atoms with Crippen LogP contribution in [0, 0.1) is 0 Å². The van der Waals surface area contributed by atoms with E-state index in [2.05, 4.69) is 15.4 Å². The Hall–Kier alpha value is -4.33. The van der Waals surface area contributed by atoms with Gasteiger partial charge >= 0.3 is 0 Å². The van der Waals surface area contributed by atoms with Gasteiger partial charge in [-0.15, -0.1) is 5.10 Å². The number of carbonyl (C=O) groups is 1. The van der Waals surface area contributed by atoms with E-state index in [0.29, 0.717) is 17.3 Å². The highest BCUT2D eigenvalue weighted by molar-refractivity contribution is 5.91. The molecular formula is C25H24N4O4. The smallest absolute Gasteiger partial charge is 0.291 e. The fourth-order valence-corrected chi connectivity index (χ4v) is 3.34. The number of nitrogens with one attached hydrogen (secondary N) is 1. The molecule has 0 aliphatic heterocycles. The van der Waals surface area contributed by atoms with Crippen LogP contribution in [0.15, 0.2) is 72.8 Å². The molecule has 168 valence electrons. The van der Waals surface area contributed by atoms with Gasteiger partial charge in [0.05, 0.1) is 27.0 Å². The molecule has 3 aromatic carbocycles. The van der Waals surface area contributed by atoms with Crippen LogP contribution in [0.3, 0.4) is 0 Å². The van der Waals surface area contributed by atoms with Crippen molar-refractivity contribution in [1.29, 1.82) is 0 Å². The molecule has 8 nitrogen and oxygen atoms in total. The summed E-state index contributed by atoms with van der Waals surface area (Å²) in [5, 5.41) is 7.37. The first-order chi connectivity index (χ1) is 16.1. The van der Waals surface area contributed by atoms with Gasteiger partial charge in [-0.25, -0.2) is 9.67 Å². The van der Waals surface area contributed by atoms with E-state index in [9.17, 15) is 4.79 Å². The number of aromatic nitrogens is 3. The fourth-order valence-electron chi connectivity index (χ4n) is 3.34. The molecular weight excluding hydrogens is 420 g/mol. The van der Waals surface area contributed by atoms with E-state index in [1.807, 2.05) is 66.7 Å². The van der Waals surface area contributed by atoms with Gasteiger partial charge in [0.2, 0.25) is 5.82 Å². The lowest BCUT2D eigenvalue weighted by atomic mass is 10.2. The summed E-state index contributed by atoms with van der Waals surface area (Å²) < 4.78 is 17.5. The number of hydrogen-bond acceptors (Lipinski definition) is 6. The zero-order chi connectivity index (χ0) is 23.2. The van der Waals surface area contributed by atoms with E-state index in [1.54, 1.807) is 32.1 Å². The van der Waals surface area contributed by atoms with Crippen molar-refractivity contribution in [1.82, 2.24) is 20.1 Å². The maximum Gasteiger partial charge on any atom is 0.291 e. The van der Waals surface area contributed by atoms with E-state index in [0.717, 1.165) is 22.6 Å². The Balaban J connectivity index is 1.61. The van der Waals surface area contributed by atoms with Crippen LogP contribution in [0.4, 0.5) is 0 Å². The Labute approximate surface area is 191 Å². The molecule has 4 rings (SSSR count). The van der Waals surface area contributed by atoms with Gasteiger partial charge in [-0.3, -0.25) is 4.79 Å². The Morgan fingerprint density at radius 3 is 2.27 bits per heavy atom. The lowest BCUT2D eigenvalue weighted by molar-refractivity contribution is 0.0940. The number of nitrogens with zero attached hydrogens (tertiary/aromatic N) is 3. The number of ether oxygens (including phenoxy) is 3. The Morgan fingerprint density at radius 2 is 1.61 bits per heavy atom. The molecule has 0 atom stereocenters. The van der Waals surface area contributed by atoms with Gasteiger partial charge in [-0.1, -0.05) is 36.4 Å². The van der Waals surface area contributed by atoms with Crippen LogP contribution in [-0.4, -0.2) is 42.0 Å². The summed E-state index contributed by atoms with van der Waals surface area (Å²) in [5.74, 6) is 2.21. The number of carbonyl (C=O) groups excluding carboxylic acids is 1. The third kappa shape index (κ3) is 4.79. The van der Waals surface area contributed by atoms with E-state index in [-0.39, 0.29) is 18.3 Å². The number of amides is 1. The molecule has 8 heteroatoms. The summed E-state index contributed by atoms with van der Waals surface area (Å²) in [6.07, 6.45) is 0. The molecule has 1 heterocycles. The van der Waals surface area contributed by atoms with Crippen LogP contribution in [-0.2, 0) is 6.54 Å². The third-order valence-corrected chi connectivity index (χ3v) is 5.06. The Kier molecular flexibility index (Phi) is 6.54. The molecule has 1 N–H and O–H groups in total. The van der Waals surface area contributed by atoms with Crippen LogP contribution in [0.1, 0.15) is 16.2 Å². The molecule has 4 aromatic rings. The summed E-state index contributed by atoms with van der Waals surface area (Å²) in [7, 11) is 4.76. The van der Waals surface area contributed by atoms with E-state index in [1.165, 1.54) is 0 Å². The zero-order valence-corrected chi connectivity index (χ0v) is 18.6. The summed E-state index contributed by atoms with van der Waals surface area (Å²) in [6.45, 7) is 0.289. The molecule has 0 aliphatic carbocycles. The van der Waals surface area contributed by atoms with Crippen molar-refractivity contribution in [2.75, 3.05) is 21.3 Å². The maximum atomic E-state index is 12.9. The topological polar surface area (TPSA) is 87.5 Å². The van der Waals surface area contributed by atoms with Gasteiger partial charge in [-0.05, 0) is 42.0 Å². The molecule has 0 radical (unpaired) electrons. The van der Waals surface area contributed by atoms with Gasteiger partial charge in [0, 0.05) is 12.1 Å². The molecule has 33 heavy (non-hydrogen) atoms. The van der Waals surface area contributed by atoms with Crippen molar-refractivity contribution in [3.63, 3.8) is 0 Å². The van der Waals surface area contributed by atoms with Crippen LogP contribution in [0.25, 0.3) is 17.1 Å². The SMILES string of the molecule is COc1ccc(-n2nc(C(=O)NCc3ccc(OC)c(OC)c3)nc2-c2ccccc2)cc1. The Bertz CT molecular complexity index is 1240. The number of benzene rings is 3. The number of methoxy groups -OCH3 is 3. The quantitative estimate of drug-likeness (QED) is 0.444. The molecule has 0 fully saturated rings. The molecule has 0 saturated heterocycles. The molecule has 1 amide bonds. The van der Waals surface area contributed by atoms with E-state index >= 15 is 0 Å². The van der Waals surface area contributed by atoms with Crippen molar-refractivity contribution in [2.45, 2.75) is 6.54 Å². The monoisotopic (exact) mass is 444 g/mol. The van der Waals surface area contributed by atoms with Crippen LogP contribution in [0.5, 0.6) is 17.2 Å². The average Bonchev–Trinajstić information content (AvgIpc) is 3.33. The minimum Gasteiger partial charge on any atom is -0.497 e. The van der Waals surface area contributed by atoms with Crippen LogP contribution in [0.2, 0.25) is 0 Å². The highest BCUT2D eigenvalue weighted by Gasteiger charge is 2.19. The lowest BCUT2D eigenvalue weighted by Crippen LogP contribution is -2.24. The van der Waals surface area contributed by atoms with Crippen LogP contribution < -0.4 is 19.5 Å². The van der Waals surface area contributed by atoms with Crippen molar-refractivity contribution in [2.24, 2.45) is 0 Å². The summed E-state index contributed by atoms with van der Waals surface area (Å²) in [4.78, 5) is 17.4. The van der Waals surface area contributed by atoms with Crippen molar-refractivity contribution >= 4 is 5.91 Å². The Morgan fingerprint density at radius 1 is 0.879 bits per heavy atom. The second kappa shape index (κ2) is 9.86. The second-order valence-corrected chi connectivity index (χ2v) is 7.11. The van der Waals surface area contributed by atoms with Crippen molar-refractivity contribution < 1.29 is 19.0 Å². The van der Waals surface area contributed by atoms with Gasteiger partial charge in [0.25, 0.3) is 5.91 Å². The van der Waals surface area contributed by atoms with Gasteiger partial charge in [0.15, 0.2) is 17.3 Å². The minimum absolute atomic E-state index is 0.0742. The van der Waals surface area contributed by atoms with Gasteiger partial charge < -0.3 is 19.5 Å². The highest BCUT2D eigenvalue weighted by atomic mass is 16.5. The second-order valence-electron chi connectivity index (χ2n) is 7.11. The molecule has 1 aromatic heterocycles. The first-order valence-corrected chi connectivity index (χ1v) is 10.3. The lowest BCUT2D eigenvalue weighted by Gasteiger charge is -2.09. The number of hydrogen-bond donors (Lipinski definition) is 1. The molecule has 0 aliphatic rings. The highest BCUT2D eigenvalue weighted by Crippen LogP contribution is 2.27. The standard InChI is InChI=1S/C25H24N4O4/c1-31-20-12-10-19(11-13-20)29-24(18-7-5-4-6-8-18)27-23(28-29)25(30)26-16-17-9-14-21(32-2)22(15-17)33-3/h4-15H,16H2,1-3H3,(H,26,30). The summed E-state index contributed by atoms with van der Waals surface area (Å²) in [6, 6.07) is 22.5. The van der Waals surface area contributed by atoms with E-state index < -0.39 is 0 Å². The maximum absolute atomic E-state index is 12.9. The van der Waals surface area contributed by atoms with Crippen molar-refractivity contribution in [3.8, 4) is 34.3 Å². The normalized spacial score (nSPS) is 10.5. The molecule has 0 spiro atoms. The molecule has 0 bridgehead atoms. The summed E-state index contributed by atoms with van der Waals surface area (Å²) in [5.41, 5.74) is 2.47. The van der Waals surface area contributed by atoms with Gasteiger partial charge in [0.1, 0.15) is 5.75 Å². The molecule has 0 unspecified atom stereocenters. The molecule has 0 saturated carbocycles. The fraction of sp³-hybridized carbons (Fsp3) is 0.160. The van der Waals surface area contributed by atoms with E-state index in [4.69, 9.17) is 14.2 Å². The number of rotatable bonds is 8. The van der Waals surface area contributed by atoms with Crippen molar-refractivity contribution in [3.05, 3.63) is 84.2 Å². The van der Waals surface area contributed by atoms with Gasteiger partial charge in [-0.2, -0.15) is 0 Å². The minimum atomic E-state index is -0.380. The first kappa shape index (κ1) is 21.9.